The molecule has 1 radical (unpaired) electrons. The SMILES string of the molecule is CN1CCN(CCCC([O])=O)CC1. The fourth-order valence-electron chi connectivity index (χ4n) is 1.52. The van der Waals surface area contributed by atoms with E-state index in [0.29, 0.717) is 6.42 Å². The summed E-state index contributed by atoms with van der Waals surface area (Å²) in [6, 6.07) is 0. The van der Waals surface area contributed by atoms with Crippen molar-refractivity contribution in [2.75, 3.05) is 39.8 Å². The van der Waals surface area contributed by atoms with E-state index >= 15 is 0 Å². The van der Waals surface area contributed by atoms with Crippen molar-refractivity contribution in [1.29, 1.82) is 0 Å². The summed E-state index contributed by atoms with van der Waals surface area (Å²) in [5.74, 6) is -0.936. The molecule has 0 N–H and O–H groups in total. The summed E-state index contributed by atoms with van der Waals surface area (Å²) in [6.07, 6.45) is 0.901. The van der Waals surface area contributed by atoms with Gasteiger partial charge in [0.05, 0.1) is 6.42 Å². The molecule has 4 heteroatoms. The molecule has 75 valence electrons. The molecule has 1 saturated heterocycles. The Hall–Kier alpha value is -0.610. The molecular weight excluding hydrogens is 168 g/mol. The van der Waals surface area contributed by atoms with Crippen molar-refractivity contribution in [1.82, 2.24) is 9.80 Å². The van der Waals surface area contributed by atoms with E-state index in [-0.39, 0.29) is 6.42 Å². The first-order chi connectivity index (χ1) is 6.18. The Morgan fingerprint density at radius 2 is 1.85 bits per heavy atom. The Morgan fingerprint density at radius 3 is 2.38 bits per heavy atom. The van der Waals surface area contributed by atoms with Crippen molar-refractivity contribution in [3.8, 4) is 0 Å². The monoisotopic (exact) mass is 185 g/mol. The van der Waals surface area contributed by atoms with Crippen molar-refractivity contribution < 1.29 is 9.90 Å². The van der Waals surface area contributed by atoms with Crippen molar-refractivity contribution >= 4 is 5.97 Å². The van der Waals surface area contributed by atoms with Gasteiger partial charge in [-0.15, -0.1) is 0 Å². The molecule has 1 aliphatic heterocycles. The van der Waals surface area contributed by atoms with Gasteiger partial charge in [0.25, 0.3) is 0 Å². The second kappa shape index (κ2) is 5.19. The molecule has 1 aliphatic rings. The van der Waals surface area contributed by atoms with Crippen LogP contribution < -0.4 is 0 Å². The van der Waals surface area contributed by atoms with Crippen molar-refractivity contribution in [2.45, 2.75) is 12.8 Å². The number of hydrogen-bond acceptors (Lipinski definition) is 3. The molecule has 0 saturated carbocycles. The quantitative estimate of drug-likeness (QED) is 0.618. The maximum atomic E-state index is 10.2. The summed E-state index contributed by atoms with van der Waals surface area (Å²) in [7, 11) is 2.11. The standard InChI is InChI=1S/C9H17N2O2/c1-10-5-7-11(8-6-10)4-2-3-9(12)13/h2-8H2,1H3. The Kier molecular flexibility index (Phi) is 4.18. The van der Waals surface area contributed by atoms with Gasteiger partial charge in [-0.2, -0.15) is 0 Å². The number of carbonyl (C=O) groups excluding carboxylic acids is 1. The Balaban J connectivity index is 2.05. The average Bonchev–Trinajstić information content (AvgIpc) is 2.08. The Morgan fingerprint density at radius 1 is 1.23 bits per heavy atom. The fraction of sp³-hybridized carbons (Fsp3) is 0.889. The van der Waals surface area contributed by atoms with Gasteiger partial charge in [0, 0.05) is 26.2 Å². The summed E-state index contributed by atoms with van der Waals surface area (Å²) in [6.45, 7) is 5.19. The van der Waals surface area contributed by atoms with Gasteiger partial charge in [0.1, 0.15) is 0 Å². The highest BCUT2D eigenvalue weighted by atomic mass is 16.4. The summed E-state index contributed by atoms with van der Waals surface area (Å²) in [5, 5.41) is 10.2. The third kappa shape index (κ3) is 4.24. The highest BCUT2D eigenvalue weighted by Crippen LogP contribution is 2.01. The summed E-state index contributed by atoms with van der Waals surface area (Å²) >= 11 is 0. The van der Waals surface area contributed by atoms with Gasteiger partial charge in [-0.1, -0.05) is 0 Å². The van der Waals surface area contributed by atoms with E-state index in [1.54, 1.807) is 0 Å². The smallest absolute Gasteiger partial charge is 0.304 e. The zero-order valence-electron chi connectivity index (χ0n) is 8.16. The van der Waals surface area contributed by atoms with Gasteiger partial charge in [0.2, 0.25) is 0 Å². The van der Waals surface area contributed by atoms with Crippen LogP contribution >= 0.6 is 0 Å². The maximum Gasteiger partial charge on any atom is 0.355 e. The molecule has 1 fully saturated rings. The lowest BCUT2D eigenvalue weighted by molar-refractivity contribution is -0.143. The number of hydrogen-bond donors (Lipinski definition) is 0. The van der Waals surface area contributed by atoms with Crippen LogP contribution in [0.2, 0.25) is 0 Å². The Labute approximate surface area is 79.1 Å². The number of nitrogens with zero attached hydrogens (tertiary/aromatic N) is 2. The van der Waals surface area contributed by atoms with Gasteiger partial charge < -0.3 is 9.80 Å². The largest absolute Gasteiger partial charge is 0.355 e. The highest BCUT2D eigenvalue weighted by Gasteiger charge is 2.13. The lowest BCUT2D eigenvalue weighted by Crippen LogP contribution is -2.44. The second-order valence-electron chi connectivity index (χ2n) is 3.62. The molecular formula is C9H17N2O2. The highest BCUT2D eigenvalue weighted by molar-refractivity contribution is 5.66. The molecule has 1 rings (SSSR count). The van der Waals surface area contributed by atoms with Gasteiger partial charge in [-0.05, 0) is 20.0 Å². The minimum absolute atomic E-state index is 0.187. The first-order valence-corrected chi connectivity index (χ1v) is 4.79. The van der Waals surface area contributed by atoms with E-state index in [4.69, 9.17) is 0 Å². The minimum Gasteiger partial charge on any atom is -0.304 e. The predicted octanol–water partition coefficient (Wildman–Crippen LogP) is -0.0289. The van der Waals surface area contributed by atoms with Crippen LogP contribution in [0, 0.1) is 0 Å². The van der Waals surface area contributed by atoms with Crippen LogP contribution in [0.3, 0.4) is 0 Å². The third-order valence-corrected chi connectivity index (χ3v) is 2.45. The predicted molar refractivity (Wildman–Crippen MR) is 48.9 cm³/mol. The van der Waals surface area contributed by atoms with Crippen molar-refractivity contribution in [3.05, 3.63) is 0 Å². The molecule has 0 atom stereocenters. The number of carbonyl (C=O) groups is 1. The molecule has 0 spiro atoms. The summed E-state index contributed by atoms with van der Waals surface area (Å²) < 4.78 is 0. The number of piperazine rings is 1. The van der Waals surface area contributed by atoms with Crippen LogP contribution in [0.1, 0.15) is 12.8 Å². The third-order valence-electron chi connectivity index (χ3n) is 2.45. The van der Waals surface area contributed by atoms with Crippen LogP contribution in [0.4, 0.5) is 0 Å². The van der Waals surface area contributed by atoms with Crippen LogP contribution in [-0.4, -0.2) is 55.5 Å². The topological polar surface area (TPSA) is 43.5 Å². The van der Waals surface area contributed by atoms with Crippen LogP contribution in [-0.2, 0) is 9.90 Å². The van der Waals surface area contributed by atoms with Crippen molar-refractivity contribution in [3.63, 3.8) is 0 Å². The molecule has 4 nitrogen and oxygen atoms in total. The molecule has 0 aromatic carbocycles. The molecule has 0 unspecified atom stereocenters. The average molecular weight is 185 g/mol. The molecule has 1 heterocycles. The van der Waals surface area contributed by atoms with E-state index in [0.717, 1.165) is 32.7 Å². The first kappa shape index (κ1) is 10.5. The van der Waals surface area contributed by atoms with Crippen LogP contribution in [0.25, 0.3) is 0 Å². The summed E-state index contributed by atoms with van der Waals surface area (Å²) in [4.78, 5) is 14.8. The van der Waals surface area contributed by atoms with E-state index in [1.807, 2.05) is 0 Å². The van der Waals surface area contributed by atoms with Crippen LogP contribution in [0.5, 0.6) is 0 Å². The van der Waals surface area contributed by atoms with Gasteiger partial charge in [0.15, 0.2) is 0 Å². The van der Waals surface area contributed by atoms with E-state index in [9.17, 15) is 9.90 Å². The Bertz CT molecular complexity index is 165. The van der Waals surface area contributed by atoms with Crippen molar-refractivity contribution in [2.24, 2.45) is 0 Å². The van der Waals surface area contributed by atoms with Gasteiger partial charge in [-0.25, -0.2) is 9.90 Å². The maximum absolute atomic E-state index is 10.2. The molecule has 0 bridgehead atoms. The number of likely N-dealkylation sites (N-methyl/N-ethyl adjacent to an activating group) is 1. The van der Waals surface area contributed by atoms with Gasteiger partial charge >= 0.3 is 5.97 Å². The second-order valence-corrected chi connectivity index (χ2v) is 3.62. The van der Waals surface area contributed by atoms with E-state index in [2.05, 4.69) is 16.8 Å². The zero-order chi connectivity index (χ0) is 9.68. The molecule has 0 aromatic rings. The molecule has 0 aliphatic carbocycles. The normalized spacial score (nSPS) is 20.4. The zero-order valence-corrected chi connectivity index (χ0v) is 8.16. The summed E-state index contributed by atoms with van der Waals surface area (Å²) in [5.41, 5.74) is 0. The minimum atomic E-state index is -0.936. The molecule has 13 heavy (non-hydrogen) atoms. The van der Waals surface area contributed by atoms with Gasteiger partial charge in [-0.3, -0.25) is 0 Å². The first-order valence-electron chi connectivity index (χ1n) is 4.79. The lowest BCUT2D eigenvalue weighted by Gasteiger charge is -2.32. The molecule has 0 amide bonds. The number of rotatable bonds is 4. The fourth-order valence-corrected chi connectivity index (χ4v) is 1.52. The molecule has 0 aromatic heterocycles. The van der Waals surface area contributed by atoms with Crippen LogP contribution in [0.15, 0.2) is 0 Å². The lowest BCUT2D eigenvalue weighted by atomic mass is 10.2. The van der Waals surface area contributed by atoms with E-state index < -0.39 is 5.97 Å². The van der Waals surface area contributed by atoms with E-state index in [1.165, 1.54) is 0 Å².